The largest absolute Gasteiger partial charge is 0.491 e. The Morgan fingerprint density at radius 1 is 1.06 bits per heavy atom. The lowest BCUT2D eigenvalue weighted by molar-refractivity contribution is -0.122. The first-order chi connectivity index (χ1) is 15.2. The molecule has 32 heavy (non-hydrogen) atoms. The third-order valence-corrected chi connectivity index (χ3v) is 5.12. The van der Waals surface area contributed by atoms with Crippen molar-refractivity contribution in [1.82, 2.24) is 5.32 Å². The summed E-state index contributed by atoms with van der Waals surface area (Å²) in [4.78, 5) is 39.6. The van der Waals surface area contributed by atoms with Gasteiger partial charge in [0, 0.05) is 25.2 Å². The molecule has 1 fully saturated rings. The van der Waals surface area contributed by atoms with Gasteiger partial charge in [-0.25, -0.2) is 0 Å². The summed E-state index contributed by atoms with van der Waals surface area (Å²) in [7, 11) is 0. The number of benzene rings is 2. The van der Waals surface area contributed by atoms with Crippen molar-refractivity contribution in [2.75, 3.05) is 23.3 Å². The standard InChI is InChI=1S/C25H31N3O4/c1-16(2)14-26-25(31)21-7-5-6-8-22(21)27-24(30)18-13-23(29)28(15-18)19-9-11-20(12-10-19)32-17(3)4/h5-12,16-18H,13-15H2,1-4H3,(H,26,31)(H,27,30)/t18-/m1/s1. The van der Waals surface area contributed by atoms with E-state index in [-0.39, 0.29) is 36.8 Å². The number of nitrogens with zero attached hydrogens (tertiary/aromatic N) is 1. The van der Waals surface area contributed by atoms with Crippen LogP contribution in [-0.4, -0.2) is 36.9 Å². The van der Waals surface area contributed by atoms with Crippen LogP contribution in [0.5, 0.6) is 5.75 Å². The Bertz CT molecular complexity index is 969. The molecule has 3 amide bonds. The van der Waals surface area contributed by atoms with Gasteiger partial charge in [-0.2, -0.15) is 0 Å². The number of nitrogens with one attached hydrogen (secondary N) is 2. The zero-order valence-electron chi connectivity index (χ0n) is 19.1. The smallest absolute Gasteiger partial charge is 0.253 e. The summed E-state index contributed by atoms with van der Waals surface area (Å²) in [5.41, 5.74) is 1.58. The topological polar surface area (TPSA) is 87.7 Å². The summed E-state index contributed by atoms with van der Waals surface area (Å²) in [6.45, 7) is 8.77. The molecule has 2 aromatic rings. The number of rotatable bonds is 8. The van der Waals surface area contributed by atoms with Gasteiger partial charge in [-0.3, -0.25) is 14.4 Å². The third kappa shape index (κ3) is 5.87. The summed E-state index contributed by atoms with van der Waals surface area (Å²) in [6.07, 6.45) is 0.190. The van der Waals surface area contributed by atoms with E-state index in [2.05, 4.69) is 10.6 Å². The number of amides is 3. The number of carbonyl (C=O) groups excluding carboxylic acids is 3. The first-order valence-corrected chi connectivity index (χ1v) is 11.0. The quantitative estimate of drug-likeness (QED) is 0.657. The molecule has 0 aliphatic carbocycles. The van der Waals surface area contributed by atoms with Crippen LogP contribution in [0.25, 0.3) is 0 Å². The second kappa shape index (κ2) is 10.3. The molecule has 1 heterocycles. The minimum Gasteiger partial charge on any atom is -0.491 e. The molecule has 2 aromatic carbocycles. The van der Waals surface area contributed by atoms with E-state index in [4.69, 9.17) is 4.74 Å². The Morgan fingerprint density at radius 3 is 2.41 bits per heavy atom. The minimum absolute atomic E-state index is 0.0673. The van der Waals surface area contributed by atoms with Crippen LogP contribution in [0.2, 0.25) is 0 Å². The van der Waals surface area contributed by atoms with Crippen LogP contribution in [0.15, 0.2) is 48.5 Å². The number of carbonyl (C=O) groups is 3. The van der Waals surface area contributed by atoms with Gasteiger partial charge in [-0.15, -0.1) is 0 Å². The van der Waals surface area contributed by atoms with E-state index in [0.29, 0.717) is 23.7 Å². The molecular weight excluding hydrogens is 406 g/mol. The van der Waals surface area contributed by atoms with Crippen molar-refractivity contribution in [1.29, 1.82) is 0 Å². The van der Waals surface area contributed by atoms with E-state index < -0.39 is 5.92 Å². The molecule has 0 aromatic heterocycles. The first kappa shape index (κ1) is 23.3. The molecule has 7 heteroatoms. The van der Waals surface area contributed by atoms with Crippen molar-refractivity contribution in [2.24, 2.45) is 11.8 Å². The van der Waals surface area contributed by atoms with Crippen molar-refractivity contribution in [2.45, 2.75) is 40.2 Å². The molecule has 1 atom stereocenters. The minimum atomic E-state index is -0.499. The highest BCUT2D eigenvalue weighted by atomic mass is 16.5. The molecule has 1 aliphatic heterocycles. The Hall–Kier alpha value is -3.35. The SMILES string of the molecule is CC(C)CNC(=O)c1ccccc1NC(=O)[C@@H]1CC(=O)N(c2ccc(OC(C)C)cc2)C1. The second-order valence-corrected chi connectivity index (χ2v) is 8.70. The molecule has 7 nitrogen and oxygen atoms in total. The maximum atomic E-state index is 12.9. The molecule has 1 aliphatic rings. The Morgan fingerprint density at radius 2 is 1.75 bits per heavy atom. The van der Waals surface area contributed by atoms with E-state index in [1.54, 1.807) is 29.2 Å². The second-order valence-electron chi connectivity index (χ2n) is 8.70. The van der Waals surface area contributed by atoms with Gasteiger partial charge in [0.15, 0.2) is 0 Å². The van der Waals surface area contributed by atoms with Gasteiger partial charge in [0.25, 0.3) is 5.91 Å². The van der Waals surface area contributed by atoms with E-state index in [1.807, 2.05) is 52.0 Å². The zero-order chi connectivity index (χ0) is 23.3. The van der Waals surface area contributed by atoms with Crippen LogP contribution >= 0.6 is 0 Å². The number of ether oxygens (including phenoxy) is 1. The predicted octanol–water partition coefficient (Wildman–Crippen LogP) is 3.85. The molecule has 0 bridgehead atoms. The van der Waals surface area contributed by atoms with Gasteiger partial charge in [0.05, 0.1) is 23.3 Å². The molecule has 0 unspecified atom stereocenters. The number of anilines is 2. The highest BCUT2D eigenvalue weighted by molar-refractivity contribution is 6.07. The number of para-hydroxylation sites is 1. The first-order valence-electron chi connectivity index (χ1n) is 11.0. The average Bonchev–Trinajstić information content (AvgIpc) is 3.14. The van der Waals surface area contributed by atoms with Crippen molar-refractivity contribution in [3.63, 3.8) is 0 Å². The van der Waals surface area contributed by atoms with Crippen molar-refractivity contribution < 1.29 is 19.1 Å². The normalized spacial score (nSPS) is 15.9. The van der Waals surface area contributed by atoms with Gasteiger partial charge in [0.1, 0.15) is 5.75 Å². The molecule has 170 valence electrons. The zero-order valence-corrected chi connectivity index (χ0v) is 19.1. The molecular formula is C25H31N3O4. The Kier molecular flexibility index (Phi) is 7.51. The van der Waals surface area contributed by atoms with Gasteiger partial charge in [0.2, 0.25) is 11.8 Å². The van der Waals surface area contributed by atoms with Crippen LogP contribution in [0.4, 0.5) is 11.4 Å². The van der Waals surface area contributed by atoms with E-state index in [0.717, 1.165) is 11.4 Å². The van der Waals surface area contributed by atoms with Crippen molar-refractivity contribution in [3.8, 4) is 5.75 Å². The van der Waals surface area contributed by atoms with Gasteiger partial charge >= 0.3 is 0 Å². The lowest BCUT2D eigenvalue weighted by Gasteiger charge is -2.18. The van der Waals surface area contributed by atoms with Crippen LogP contribution in [0.1, 0.15) is 44.5 Å². The maximum Gasteiger partial charge on any atom is 0.253 e. The fraction of sp³-hybridized carbons (Fsp3) is 0.400. The summed E-state index contributed by atoms with van der Waals surface area (Å²) in [5, 5.41) is 5.72. The molecule has 1 saturated heterocycles. The lowest BCUT2D eigenvalue weighted by Crippen LogP contribution is -2.30. The Balaban J connectivity index is 1.66. The average molecular weight is 438 g/mol. The molecule has 2 N–H and O–H groups in total. The monoisotopic (exact) mass is 437 g/mol. The van der Waals surface area contributed by atoms with E-state index in [1.165, 1.54) is 0 Å². The lowest BCUT2D eigenvalue weighted by atomic mass is 10.1. The van der Waals surface area contributed by atoms with Gasteiger partial charge < -0.3 is 20.3 Å². The van der Waals surface area contributed by atoms with Crippen molar-refractivity contribution >= 4 is 29.1 Å². The van der Waals surface area contributed by atoms with Gasteiger partial charge in [-0.05, 0) is 56.2 Å². The maximum absolute atomic E-state index is 12.9. The Labute approximate surface area is 189 Å². The molecule has 0 radical (unpaired) electrons. The van der Waals surface area contributed by atoms with Crippen LogP contribution in [-0.2, 0) is 9.59 Å². The highest BCUT2D eigenvalue weighted by Gasteiger charge is 2.35. The third-order valence-electron chi connectivity index (χ3n) is 5.12. The summed E-state index contributed by atoms with van der Waals surface area (Å²) >= 11 is 0. The summed E-state index contributed by atoms with van der Waals surface area (Å²) in [5.74, 6) is -0.0575. The van der Waals surface area contributed by atoms with Crippen LogP contribution in [0, 0.1) is 11.8 Å². The number of hydrogen-bond donors (Lipinski definition) is 2. The van der Waals surface area contributed by atoms with E-state index in [9.17, 15) is 14.4 Å². The fourth-order valence-electron chi connectivity index (χ4n) is 3.53. The van der Waals surface area contributed by atoms with Gasteiger partial charge in [-0.1, -0.05) is 26.0 Å². The molecule has 0 spiro atoms. The molecule has 0 saturated carbocycles. The summed E-state index contributed by atoms with van der Waals surface area (Å²) in [6, 6.07) is 14.2. The highest BCUT2D eigenvalue weighted by Crippen LogP contribution is 2.28. The number of hydrogen-bond acceptors (Lipinski definition) is 4. The predicted molar refractivity (Wildman–Crippen MR) is 125 cm³/mol. The van der Waals surface area contributed by atoms with Crippen LogP contribution in [0.3, 0.4) is 0 Å². The summed E-state index contributed by atoms with van der Waals surface area (Å²) < 4.78 is 5.64. The molecule has 3 rings (SSSR count). The van der Waals surface area contributed by atoms with Crippen LogP contribution < -0.4 is 20.3 Å². The van der Waals surface area contributed by atoms with Crippen molar-refractivity contribution in [3.05, 3.63) is 54.1 Å². The van der Waals surface area contributed by atoms with E-state index >= 15 is 0 Å². The fourth-order valence-corrected chi connectivity index (χ4v) is 3.53.